The lowest BCUT2D eigenvalue weighted by atomic mass is 10.1. The summed E-state index contributed by atoms with van der Waals surface area (Å²) >= 11 is 0. The summed E-state index contributed by atoms with van der Waals surface area (Å²) in [5.74, 6) is 1.28. The highest BCUT2D eigenvalue weighted by molar-refractivity contribution is 5.92. The van der Waals surface area contributed by atoms with E-state index >= 15 is 0 Å². The van der Waals surface area contributed by atoms with Crippen LogP contribution in [-0.4, -0.2) is 36.0 Å². The predicted molar refractivity (Wildman–Crippen MR) is 112 cm³/mol. The lowest BCUT2D eigenvalue weighted by Gasteiger charge is -2.28. The van der Waals surface area contributed by atoms with Gasteiger partial charge in [-0.15, -0.1) is 0 Å². The van der Waals surface area contributed by atoms with Crippen molar-refractivity contribution in [1.82, 2.24) is 4.90 Å². The van der Waals surface area contributed by atoms with Crippen molar-refractivity contribution in [3.63, 3.8) is 0 Å². The van der Waals surface area contributed by atoms with Gasteiger partial charge < -0.3 is 19.7 Å². The van der Waals surface area contributed by atoms with Gasteiger partial charge in [0.05, 0.1) is 13.5 Å². The number of anilines is 1. The standard InChI is InChI=1S/C23H28N2O4/c1-5-15(2)25-14-18-13-19(9-10-21(18)29-16(3)23(25)27)24-22(26)12-17-7-6-8-20(11-17)28-4/h6-11,13,15-16H,5,12,14H2,1-4H3,(H,24,26)/t15-,16+/m1/s1. The van der Waals surface area contributed by atoms with Gasteiger partial charge in [-0.1, -0.05) is 19.1 Å². The Hall–Kier alpha value is -3.02. The Kier molecular flexibility index (Phi) is 6.42. The van der Waals surface area contributed by atoms with Crippen molar-refractivity contribution in [1.29, 1.82) is 0 Å². The molecule has 2 aromatic rings. The smallest absolute Gasteiger partial charge is 0.263 e. The SMILES string of the molecule is CC[C@@H](C)N1Cc2cc(NC(=O)Cc3cccc(OC)c3)ccc2O[C@@H](C)C1=O. The molecule has 6 heteroatoms. The monoisotopic (exact) mass is 396 g/mol. The molecule has 1 heterocycles. The molecule has 2 amide bonds. The first kappa shape index (κ1) is 20.7. The Labute approximate surface area is 171 Å². The molecule has 3 rings (SSSR count). The number of nitrogens with zero attached hydrogens (tertiary/aromatic N) is 1. The summed E-state index contributed by atoms with van der Waals surface area (Å²) in [7, 11) is 1.60. The number of carbonyl (C=O) groups excluding carboxylic acids is 2. The van der Waals surface area contributed by atoms with E-state index in [0.717, 1.165) is 23.3 Å². The first-order chi connectivity index (χ1) is 13.9. The highest BCUT2D eigenvalue weighted by atomic mass is 16.5. The maximum Gasteiger partial charge on any atom is 0.263 e. The number of benzene rings is 2. The number of carbonyl (C=O) groups is 2. The Balaban J connectivity index is 1.75. The summed E-state index contributed by atoms with van der Waals surface area (Å²) in [6.07, 6.45) is 0.586. The van der Waals surface area contributed by atoms with Crippen molar-refractivity contribution < 1.29 is 19.1 Å². The number of fused-ring (bicyclic) bond motifs is 1. The molecule has 0 aromatic heterocycles. The molecule has 2 aromatic carbocycles. The van der Waals surface area contributed by atoms with E-state index in [1.807, 2.05) is 48.2 Å². The second-order valence-corrected chi connectivity index (χ2v) is 7.38. The zero-order valence-corrected chi connectivity index (χ0v) is 17.4. The van der Waals surface area contributed by atoms with Gasteiger partial charge in [-0.25, -0.2) is 0 Å². The minimum atomic E-state index is -0.529. The summed E-state index contributed by atoms with van der Waals surface area (Å²) in [4.78, 5) is 27.0. The fraction of sp³-hybridized carbons (Fsp3) is 0.391. The van der Waals surface area contributed by atoms with Crippen LogP contribution in [0.4, 0.5) is 5.69 Å². The number of hydrogen-bond donors (Lipinski definition) is 1. The van der Waals surface area contributed by atoms with Gasteiger partial charge in [-0.3, -0.25) is 9.59 Å². The van der Waals surface area contributed by atoms with Crippen LogP contribution in [-0.2, 0) is 22.6 Å². The van der Waals surface area contributed by atoms with Crippen LogP contribution in [0.15, 0.2) is 42.5 Å². The van der Waals surface area contributed by atoms with Crippen LogP contribution < -0.4 is 14.8 Å². The van der Waals surface area contributed by atoms with E-state index in [2.05, 4.69) is 12.2 Å². The average molecular weight is 396 g/mol. The molecule has 0 aliphatic carbocycles. The molecule has 6 nitrogen and oxygen atoms in total. The zero-order chi connectivity index (χ0) is 21.0. The Morgan fingerprint density at radius 3 is 2.83 bits per heavy atom. The van der Waals surface area contributed by atoms with Crippen molar-refractivity contribution in [3.8, 4) is 11.5 Å². The molecule has 1 N–H and O–H groups in total. The van der Waals surface area contributed by atoms with Crippen molar-refractivity contribution in [2.75, 3.05) is 12.4 Å². The fourth-order valence-corrected chi connectivity index (χ4v) is 3.40. The van der Waals surface area contributed by atoms with E-state index in [1.165, 1.54) is 0 Å². The molecule has 0 bridgehead atoms. The maximum atomic E-state index is 12.7. The number of amides is 2. The molecule has 0 radical (unpaired) electrons. The van der Waals surface area contributed by atoms with Crippen molar-refractivity contribution >= 4 is 17.5 Å². The van der Waals surface area contributed by atoms with Crippen LogP contribution in [0.2, 0.25) is 0 Å². The first-order valence-electron chi connectivity index (χ1n) is 9.94. The number of methoxy groups -OCH3 is 1. The topological polar surface area (TPSA) is 67.9 Å². The highest BCUT2D eigenvalue weighted by Crippen LogP contribution is 2.30. The summed E-state index contributed by atoms with van der Waals surface area (Å²) in [6.45, 7) is 6.34. The van der Waals surface area contributed by atoms with Gasteiger partial charge in [0.25, 0.3) is 5.91 Å². The van der Waals surface area contributed by atoms with E-state index in [-0.39, 0.29) is 24.3 Å². The molecular weight excluding hydrogens is 368 g/mol. The lowest BCUT2D eigenvalue weighted by Crippen LogP contribution is -2.42. The molecule has 0 fully saturated rings. The molecule has 1 aliphatic rings. The lowest BCUT2D eigenvalue weighted by molar-refractivity contribution is -0.139. The second kappa shape index (κ2) is 8.99. The third-order valence-corrected chi connectivity index (χ3v) is 5.24. The van der Waals surface area contributed by atoms with Crippen molar-refractivity contribution in [2.24, 2.45) is 0 Å². The molecule has 0 unspecified atom stereocenters. The van der Waals surface area contributed by atoms with Crippen molar-refractivity contribution in [2.45, 2.75) is 52.3 Å². The molecule has 0 saturated carbocycles. The number of rotatable bonds is 6. The third kappa shape index (κ3) is 4.88. The Morgan fingerprint density at radius 1 is 1.31 bits per heavy atom. The van der Waals surface area contributed by atoms with Gasteiger partial charge in [0.15, 0.2) is 6.10 Å². The average Bonchev–Trinajstić information content (AvgIpc) is 2.84. The number of ether oxygens (including phenoxy) is 2. The third-order valence-electron chi connectivity index (χ3n) is 5.24. The summed E-state index contributed by atoms with van der Waals surface area (Å²) in [6, 6.07) is 13.1. The van der Waals surface area contributed by atoms with Crippen LogP contribution in [0.5, 0.6) is 11.5 Å². The van der Waals surface area contributed by atoms with Crippen LogP contribution in [0.1, 0.15) is 38.3 Å². The normalized spacial score (nSPS) is 17.0. The van der Waals surface area contributed by atoms with Gasteiger partial charge in [0, 0.05) is 23.8 Å². The van der Waals surface area contributed by atoms with E-state index in [9.17, 15) is 9.59 Å². The molecule has 0 spiro atoms. The van der Waals surface area contributed by atoms with Gasteiger partial charge in [0.2, 0.25) is 5.91 Å². The largest absolute Gasteiger partial charge is 0.497 e. The van der Waals surface area contributed by atoms with Crippen LogP contribution in [0.3, 0.4) is 0 Å². The van der Waals surface area contributed by atoms with E-state index in [0.29, 0.717) is 18.0 Å². The highest BCUT2D eigenvalue weighted by Gasteiger charge is 2.30. The van der Waals surface area contributed by atoms with Gasteiger partial charge in [0.1, 0.15) is 11.5 Å². The summed E-state index contributed by atoms with van der Waals surface area (Å²) in [5.41, 5.74) is 2.45. The minimum absolute atomic E-state index is 0.0147. The molecule has 154 valence electrons. The van der Waals surface area contributed by atoms with E-state index in [4.69, 9.17) is 9.47 Å². The zero-order valence-electron chi connectivity index (χ0n) is 17.4. The molecule has 1 aliphatic heterocycles. The predicted octanol–water partition coefficient (Wildman–Crippen LogP) is 3.78. The Bertz CT molecular complexity index is 896. The van der Waals surface area contributed by atoms with Gasteiger partial charge >= 0.3 is 0 Å². The summed E-state index contributed by atoms with van der Waals surface area (Å²) < 4.78 is 11.1. The molecule has 29 heavy (non-hydrogen) atoms. The van der Waals surface area contributed by atoms with Crippen molar-refractivity contribution in [3.05, 3.63) is 53.6 Å². The fourth-order valence-electron chi connectivity index (χ4n) is 3.40. The molecule has 2 atom stereocenters. The molecule has 0 saturated heterocycles. The Morgan fingerprint density at radius 2 is 2.10 bits per heavy atom. The minimum Gasteiger partial charge on any atom is -0.497 e. The quantitative estimate of drug-likeness (QED) is 0.807. The van der Waals surface area contributed by atoms with Crippen LogP contribution in [0.25, 0.3) is 0 Å². The van der Waals surface area contributed by atoms with Crippen LogP contribution in [0, 0.1) is 0 Å². The maximum absolute atomic E-state index is 12.7. The first-order valence-corrected chi connectivity index (χ1v) is 9.94. The van der Waals surface area contributed by atoms with Gasteiger partial charge in [-0.05, 0) is 56.2 Å². The number of nitrogens with one attached hydrogen (secondary N) is 1. The number of hydrogen-bond acceptors (Lipinski definition) is 4. The van der Waals surface area contributed by atoms with E-state index in [1.54, 1.807) is 20.1 Å². The summed E-state index contributed by atoms with van der Waals surface area (Å²) in [5, 5.41) is 2.94. The van der Waals surface area contributed by atoms with Crippen LogP contribution >= 0.6 is 0 Å². The molecular formula is C23H28N2O4. The van der Waals surface area contributed by atoms with E-state index < -0.39 is 6.10 Å². The van der Waals surface area contributed by atoms with Gasteiger partial charge in [-0.2, -0.15) is 0 Å². The second-order valence-electron chi connectivity index (χ2n) is 7.38.